The molecule has 0 aromatic carbocycles. The molecule has 7 heteroatoms. The molecule has 6 nitrogen and oxygen atoms in total. The molecule has 0 unspecified atom stereocenters. The normalized spacial score (nSPS) is 11.1. The Hall–Kier alpha value is -0.760. The highest BCUT2D eigenvalue weighted by atomic mass is 79.9. The van der Waals surface area contributed by atoms with E-state index in [0.717, 1.165) is 0 Å². The van der Waals surface area contributed by atoms with Gasteiger partial charge in [0.25, 0.3) is 0 Å². The number of carbonyl (C=O) groups excluding carboxylic acids is 1. The Bertz CT molecular complexity index is 376. The molecule has 0 saturated carbocycles. The second-order valence-electron chi connectivity index (χ2n) is 3.22. The van der Waals surface area contributed by atoms with Crippen molar-refractivity contribution in [3.8, 4) is 0 Å². The second-order valence-corrected chi connectivity index (χ2v) is 4.08. The quantitative estimate of drug-likeness (QED) is 0.557. The van der Waals surface area contributed by atoms with Gasteiger partial charge in [0.15, 0.2) is 0 Å². The minimum absolute atomic E-state index is 0.282. The lowest BCUT2D eigenvalue weighted by Gasteiger charge is -2.13. The third-order valence-corrected chi connectivity index (χ3v) is 2.76. The summed E-state index contributed by atoms with van der Waals surface area (Å²) >= 11 is 3.28. The topological polar surface area (TPSA) is 62.6 Å². The number of ether oxygens (including phenoxy) is 3. The van der Waals surface area contributed by atoms with Crippen LogP contribution in [0.5, 0.6) is 0 Å². The maximum absolute atomic E-state index is 12.1. The molecule has 17 heavy (non-hydrogen) atoms. The monoisotopic (exact) mass is 306 g/mol. The number of methoxy groups -OCH3 is 3. The molecule has 0 bridgehead atoms. The van der Waals surface area contributed by atoms with Gasteiger partial charge in [-0.1, -0.05) is 0 Å². The third kappa shape index (κ3) is 3.35. The molecule has 0 aliphatic carbocycles. The van der Waals surface area contributed by atoms with Crippen LogP contribution in [0.3, 0.4) is 0 Å². The molecule has 1 aromatic rings. The average molecular weight is 307 g/mol. The SMILES string of the molecule is COCCn1ncc(Br)c1C(=O)C(OC)OC. The van der Waals surface area contributed by atoms with Crippen LogP contribution in [0.1, 0.15) is 10.5 Å². The number of Topliss-reactive ketones (excluding diaryl/α,β-unsaturated/α-hetero) is 1. The summed E-state index contributed by atoms with van der Waals surface area (Å²) in [5.41, 5.74) is 0.413. The van der Waals surface area contributed by atoms with Gasteiger partial charge in [-0.05, 0) is 15.9 Å². The maximum Gasteiger partial charge on any atom is 0.237 e. The van der Waals surface area contributed by atoms with Crippen molar-refractivity contribution in [1.82, 2.24) is 9.78 Å². The van der Waals surface area contributed by atoms with Crippen molar-refractivity contribution >= 4 is 21.7 Å². The van der Waals surface area contributed by atoms with Gasteiger partial charge in [-0.2, -0.15) is 5.10 Å². The van der Waals surface area contributed by atoms with E-state index in [-0.39, 0.29) is 5.78 Å². The first-order valence-electron chi connectivity index (χ1n) is 4.95. The lowest BCUT2D eigenvalue weighted by atomic mass is 10.2. The number of hydrogen-bond donors (Lipinski definition) is 0. The molecular formula is C10H15BrN2O4. The molecule has 0 atom stereocenters. The minimum Gasteiger partial charge on any atom is -0.383 e. The Morgan fingerprint density at radius 1 is 1.47 bits per heavy atom. The van der Waals surface area contributed by atoms with Crippen LogP contribution in [0, 0.1) is 0 Å². The van der Waals surface area contributed by atoms with Crippen LogP contribution in [-0.2, 0) is 20.8 Å². The van der Waals surface area contributed by atoms with E-state index in [1.54, 1.807) is 18.0 Å². The lowest BCUT2D eigenvalue weighted by molar-refractivity contribution is -0.0747. The molecule has 0 saturated heterocycles. The standard InChI is InChI=1S/C10H15BrN2O4/c1-15-5-4-13-8(7(11)6-12-13)9(14)10(16-2)17-3/h6,10H,4-5H2,1-3H3. The van der Waals surface area contributed by atoms with Crippen LogP contribution in [0.25, 0.3) is 0 Å². The summed E-state index contributed by atoms with van der Waals surface area (Å²) in [4.78, 5) is 12.1. The molecule has 0 aliphatic heterocycles. The number of nitrogens with zero attached hydrogens (tertiary/aromatic N) is 2. The van der Waals surface area contributed by atoms with Crippen LogP contribution in [-0.4, -0.2) is 49.8 Å². The van der Waals surface area contributed by atoms with Crippen molar-refractivity contribution in [2.24, 2.45) is 0 Å². The van der Waals surface area contributed by atoms with Gasteiger partial charge in [-0.3, -0.25) is 9.48 Å². The number of rotatable bonds is 7. The summed E-state index contributed by atoms with van der Waals surface area (Å²) in [6, 6.07) is 0. The third-order valence-electron chi connectivity index (χ3n) is 2.18. The summed E-state index contributed by atoms with van der Waals surface area (Å²) in [7, 11) is 4.42. The predicted octanol–water partition coefficient (Wildman–Crippen LogP) is 1.09. The second kappa shape index (κ2) is 6.85. The minimum atomic E-state index is -0.927. The molecule has 0 spiro atoms. The zero-order valence-electron chi connectivity index (χ0n) is 9.97. The van der Waals surface area contributed by atoms with Gasteiger partial charge in [0, 0.05) is 21.3 Å². The highest BCUT2D eigenvalue weighted by Gasteiger charge is 2.25. The van der Waals surface area contributed by atoms with Crippen molar-refractivity contribution < 1.29 is 19.0 Å². The molecule has 1 aromatic heterocycles. The lowest BCUT2D eigenvalue weighted by Crippen LogP contribution is -2.28. The van der Waals surface area contributed by atoms with E-state index >= 15 is 0 Å². The van der Waals surface area contributed by atoms with Crippen LogP contribution in [0.2, 0.25) is 0 Å². The van der Waals surface area contributed by atoms with Crippen LogP contribution < -0.4 is 0 Å². The largest absolute Gasteiger partial charge is 0.383 e. The molecule has 1 rings (SSSR count). The fourth-order valence-corrected chi connectivity index (χ4v) is 1.87. The van der Waals surface area contributed by atoms with Crippen LogP contribution in [0.15, 0.2) is 10.7 Å². The molecule has 0 amide bonds. The van der Waals surface area contributed by atoms with Crippen molar-refractivity contribution in [3.05, 3.63) is 16.4 Å². The molecular weight excluding hydrogens is 292 g/mol. The number of hydrogen-bond acceptors (Lipinski definition) is 5. The molecule has 0 radical (unpaired) electrons. The Kier molecular flexibility index (Phi) is 5.76. The van der Waals surface area contributed by atoms with Crippen molar-refractivity contribution in [3.63, 3.8) is 0 Å². The number of carbonyl (C=O) groups is 1. The molecule has 0 fully saturated rings. The number of aromatic nitrogens is 2. The van der Waals surface area contributed by atoms with E-state index in [9.17, 15) is 4.79 Å². The van der Waals surface area contributed by atoms with Crippen molar-refractivity contribution in [2.75, 3.05) is 27.9 Å². The van der Waals surface area contributed by atoms with E-state index in [2.05, 4.69) is 21.0 Å². The van der Waals surface area contributed by atoms with Gasteiger partial charge < -0.3 is 14.2 Å². The van der Waals surface area contributed by atoms with Gasteiger partial charge in [-0.25, -0.2) is 0 Å². The fourth-order valence-electron chi connectivity index (χ4n) is 1.38. The summed E-state index contributed by atoms with van der Waals surface area (Å²) in [5.74, 6) is -0.282. The Morgan fingerprint density at radius 2 is 2.12 bits per heavy atom. The van der Waals surface area contributed by atoms with Gasteiger partial charge in [-0.15, -0.1) is 0 Å². The highest BCUT2D eigenvalue weighted by Crippen LogP contribution is 2.18. The smallest absolute Gasteiger partial charge is 0.237 e. The zero-order chi connectivity index (χ0) is 12.8. The van der Waals surface area contributed by atoms with Gasteiger partial charge in [0.05, 0.1) is 23.8 Å². The first-order valence-corrected chi connectivity index (χ1v) is 5.75. The molecule has 1 heterocycles. The maximum atomic E-state index is 12.1. The summed E-state index contributed by atoms with van der Waals surface area (Å²) in [5, 5.41) is 4.08. The Morgan fingerprint density at radius 3 is 2.65 bits per heavy atom. The highest BCUT2D eigenvalue weighted by molar-refractivity contribution is 9.10. The van der Waals surface area contributed by atoms with E-state index < -0.39 is 6.29 Å². The fraction of sp³-hybridized carbons (Fsp3) is 0.600. The Labute approximate surface area is 108 Å². The Balaban J connectivity index is 2.94. The van der Waals surface area contributed by atoms with Gasteiger partial charge in [0.1, 0.15) is 5.69 Å². The number of halogens is 1. The van der Waals surface area contributed by atoms with E-state index in [4.69, 9.17) is 14.2 Å². The van der Waals surface area contributed by atoms with Crippen molar-refractivity contribution in [1.29, 1.82) is 0 Å². The van der Waals surface area contributed by atoms with Gasteiger partial charge >= 0.3 is 0 Å². The van der Waals surface area contributed by atoms with E-state index in [1.165, 1.54) is 14.2 Å². The summed E-state index contributed by atoms with van der Waals surface area (Å²) in [6.07, 6.45) is 0.634. The van der Waals surface area contributed by atoms with Crippen LogP contribution >= 0.6 is 15.9 Å². The summed E-state index contributed by atoms with van der Waals surface area (Å²) in [6.45, 7) is 0.961. The first kappa shape index (κ1) is 14.3. The number of ketones is 1. The zero-order valence-corrected chi connectivity index (χ0v) is 11.6. The molecule has 0 N–H and O–H groups in total. The first-order chi connectivity index (χ1) is 8.15. The molecule has 96 valence electrons. The summed E-state index contributed by atoms with van der Waals surface area (Å²) < 4.78 is 17.0. The van der Waals surface area contributed by atoms with Gasteiger partial charge in [0.2, 0.25) is 12.1 Å². The molecule has 0 aliphatic rings. The van der Waals surface area contributed by atoms with Crippen LogP contribution in [0.4, 0.5) is 0 Å². The van der Waals surface area contributed by atoms with E-state index in [1.807, 2.05) is 0 Å². The predicted molar refractivity (Wildman–Crippen MR) is 63.9 cm³/mol. The average Bonchev–Trinajstić information content (AvgIpc) is 2.69. The van der Waals surface area contributed by atoms with Crippen molar-refractivity contribution in [2.45, 2.75) is 12.8 Å². The van der Waals surface area contributed by atoms with E-state index in [0.29, 0.717) is 23.3 Å².